The van der Waals surface area contributed by atoms with Crippen LogP contribution in [0.2, 0.25) is 0 Å². The van der Waals surface area contributed by atoms with E-state index in [4.69, 9.17) is 15.2 Å². The number of nitrogens with two attached hydrogens (primary N) is 1. The minimum Gasteiger partial charge on any atom is -0.456 e. The smallest absolute Gasteiger partial charge is 0.408 e. The van der Waals surface area contributed by atoms with Gasteiger partial charge in [0.2, 0.25) is 0 Å². The first-order chi connectivity index (χ1) is 16.6. The molecule has 0 aliphatic heterocycles. The van der Waals surface area contributed by atoms with Crippen LogP contribution in [0.1, 0.15) is 17.0 Å². The predicted molar refractivity (Wildman–Crippen MR) is 127 cm³/mol. The molecule has 0 saturated heterocycles. The molecule has 8 heteroatoms. The van der Waals surface area contributed by atoms with E-state index in [1.54, 1.807) is 6.07 Å². The number of nitrogens with one attached hydrogen (secondary N) is 1. The largest absolute Gasteiger partial charge is 0.456 e. The molecule has 172 valence electrons. The third kappa shape index (κ3) is 6.07. The predicted octanol–water partition coefficient (Wildman–Crippen LogP) is 3.79. The van der Waals surface area contributed by atoms with Crippen molar-refractivity contribution in [3.63, 3.8) is 0 Å². The maximum atomic E-state index is 12.9. The van der Waals surface area contributed by atoms with E-state index in [9.17, 15) is 9.59 Å². The van der Waals surface area contributed by atoms with Gasteiger partial charge in [-0.05, 0) is 23.3 Å². The Hall–Kier alpha value is -4.46. The van der Waals surface area contributed by atoms with Gasteiger partial charge in [0.25, 0.3) is 0 Å². The Bertz CT molecular complexity index is 1270. The Labute approximate surface area is 196 Å². The van der Waals surface area contributed by atoms with Crippen molar-refractivity contribution in [2.45, 2.75) is 25.7 Å². The van der Waals surface area contributed by atoms with Gasteiger partial charge in [-0.3, -0.25) is 0 Å². The second-order valence-electron chi connectivity index (χ2n) is 7.60. The number of alkyl carbamates (subject to hydrolysis) is 1. The standard InChI is InChI=1S/C26H24N4O4/c27-24-20-13-7-8-14-21(20)28-23(30-24)17-33-25(31)22(15-18-9-3-1-4-10-18)29-26(32)34-16-19-11-5-2-6-12-19/h1-14,22H,15-17H2,(H,29,32)(H2,27,28,30)/t22-/m0/s1. The van der Waals surface area contributed by atoms with E-state index < -0.39 is 18.1 Å². The first kappa shape index (κ1) is 22.7. The number of para-hydroxylation sites is 1. The van der Waals surface area contributed by atoms with Gasteiger partial charge in [-0.2, -0.15) is 0 Å². The lowest BCUT2D eigenvalue weighted by Crippen LogP contribution is -2.43. The zero-order valence-corrected chi connectivity index (χ0v) is 18.4. The summed E-state index contributed by atoms with van der Waals surface area (Å²) in [5, 5.41) is 3.34. The van der Waals surface area contributed by atoms with E-state index in [2.05, 4.69) is 15.3 Å². The molecule has 0 saturated carbocycles. The summed E-state index contributed by atoms with van der Waals surface area (Å²) < 4.78 is 10.7. The van der Waals surface area contributed by atoms with Crippen LogP contribution in [0.3, 0.4) is 0 Å². The fraction of sp³-hybridized carbons (Fsp3) is 0.154. The molecular weight excluding hydrogens is 432 g/mol. The van der Waals surface area contributed by atoms with Crippen LogP contribution in [0.15, 0.2) is 84.9 Å². The van der Waals surface area contributed by atoms with E-state index in [1.165, 1.54) is 0 Å². The van der Waals surface area contributed by atoms with Crippen molar-refractivity contribution in [2.75, 3.05) is 5.73 Å². The third-order valence-corrected chi connectivity index (χ3v) is 5.09. The maximum absolute atomic E-state index is 12.9. The van der Waals surface area contributed by atoms with Gasteiger partial charge in [0.1, 0.15) is 18.5 Å². The molecule has 1 amide bonds. The number of benzene rings is 3. The molecule has 0 fully saturated rings. The number of hydrogen-bond donors (Lipinski definition) is 2. The lowest BCUT2D eigenvalue weighted by Gasteiger charge is -2.18. The molecular formula is C26H24N4O4. The summed E-state index contributed by atoms with van der Waals surface area (Å²) in [5.74, 6) is -0.0504. The fourth-order valence-corrected chi connectivity index (χ4v) is 3.40. The molecule has 34 heavy (non-hydrogen) atoms. The normalized spacial score (nSPS) is 11.5. The SMILES string of the molecule is Nc1nc(COC(=O)[C@H](Cc2ccccc2)NC(=O)OCc2ccccc2)nc2ccccc12. The van der Waals surface area contributed by atoms with E-state index in [1.807, 2.05) is 78.9 Å². The zero-order chi connectivity index (χ0) is 23.8. The van der Waals surface area contributed by atoms with Crippen molar-refractivity contribution >= 4 is 28.8 Å². The lowest BCUT2D eigenvalue weighted by molar-refractivity contribution is -0.147. The van der Waals surface area contributed by atoms with Crippen LogP contribution < -0.4 is 11.1 Å². The highest BCUT2D eigenvalue weighted by atomic mass is 16.6. The van der Waals surface area contributed by atoms with Gasteiger partial charge in [0.05, 0.1) is 5.52 Å². The Morgan fingerprint density at radius 2 is 1.44 bits per heavy atom. The molecule has 0 unspecified atom stereocenters. The molecule has 0 aliphatic carbocycles. The van der Waals surface area contributed by atoms with Crippen LogP contribution in [0.25, 0.3) is 10.9 Å². The van der Waals surface area contributed by atoms with E-state index in [0.29, 0.717) is 11.3 Å². The number of nitrogen functional groups attached to an aromatic ring is 1. The van der Waals surface area contributed by atoms with E-state index >= 15 is 0 Å². The minimum absolute atomic E-state index is 0.0873. The summed E-state index contributed by atoms with van der Waals surface area (Å²) in [5.41, 5.74) is 8.36. The first-order valence-electron chi connectivity index (χ1n) is 10.8. The average Bonchev–Trinajstić information content (AvgIpc) is 2.87. The van der Waals surface area contributed by atoms with Gasteiger partial charge in [0, 0.05) is 11.8 Å². The highest BCUT2D eigenvalue weighted by Crippen LogP contribution is 2.17. The van der Waals surface area contributed by atoms with Crippen LogP contribution in [-0.4, -0.2) is 28.1 Å². The number of esters is 1. The highest BCUT2D eigenvalue weighted by molar-refractivity contribution is 5.87. The highest BCUT2D eigenvalue weighted by Gasteiger charge is 2.24. The summed E-state index contributed by atoms with van der Waals surface area (Å²) in [7, 11) is 0. The summed E-state index contributed by atoms with van der Waals surface area (Å²) in [6, 6.07) is 25.0. The van der Waals surface area contributed by atoms with Crippen LogP contribution in [-0.2, 0) is 33.9 Å². The number of rotatable bonds is 8. The lowest BCUT2D eigenvalue weighted by atomic mass is 10.1. The Morgan fingerprint density at radius 3 is 2.18 bits per heavy atom. The van der Waals surface area contributed by atoms with Crippen molar-refractivity contribution in [3.8, 4) is 0 Å². The first-order valence-corrected chi connectivity index (χ1v) is 10.8. The van der Waals surface area contributed by atoms with Crippen LogP contribution in [0, 0.1) is 0 Å². The van der Waals surface area contributed by atoms with Crippen molar-refractivity contribution in [1.82, 2.24) is 15.3 Å². The molecule has 1 aromatic heterocycles. The quantitative estimate of drug-likeness (QED) is 0.388. The number of ether oxygens (including phenoxy) is 2. The molecule has 0 aliphatic rings. The van der Waals surface area contributed by atoms with Crippen molar-refractivity contribution < 1.29 is 19.1 Å². The maximum Gasteiger partial charge on any atom is 0.408 e. The number of hydrogen-bond acceptors (Lipinski definition) is 7. The Balaban J connectivity index is 1.42. The molecule has 8 nitrogen and oxygen atoms in total. The molecule has 1 atom stereocenters. The molecule has 0 bridgehead atoms. The second-order valence-corrected chi connectivity index (χ2v) is 7.60. The average molecular weight is 457 g/mol. The van der Waals surface area contributed by atoms with Crippen LogP contribution >= 0.6 is 0 Å². The Morgan fingerprint density at radius 1 is 0.794 bits per heavy atom. The number of nitrogens with zero attached hydrogens (tertiary/aromatic N) is 2. The molecule has 3 aromatic carbocycles. The van der Waals surface area contributed by atoms with Gasteiger partial charge >= 0.3 is 12.1 Å². The zero-order valence-electron chi connectivity index (χ0n) is 18.4. The number of fused-ring (bicyclic) bond motifs is 1. The number of aromatic nitrogens is 2. The van der Waals surface area contributed by atoms with Gasteiger partial charge in [-0.15, -0.1) is 0 Å². The van der Waals surface area contributed by atoms with Gasteiger partial charge in [0.15, 0.2) is 12.4 Å². The molecule has 3 N–H and O–H groups in total. The van der Waals surface area contributed by atoms with E-state index in [-0.39, 0.29) is 25.5 Å². The summed E-state index contributed by atoms with van der Waals surface area (Å²) in [4.78, 5) is 33.9. The fourth-order valence-electron chi connectivity index (χ4n) is 3.40. The van der Waals surface area contributed by atoms with Gasteiger partial charge in [-0.25, -0.2) is 19.6 Å². The van der Waals surface area contributed by atoms with Crippen LogP contribution in [0.5, 0.6) is 0 Å². The van der Waals surface area contributed by atoms with Crippen molar-refractivity contribution in [1.29, 1.82) is 0 Å². The van der Waals surface area contributed by atoms with Crippen LogP contribution in [0.4, 0.5) is 10.6 Å². The second kappa shape index (κ2) is 10.9. The van der Waals surface area contributed by atoms with Crippen molar-refractivity contribution in [2.24, 2.45) is 0 Å². The number of anilines is 1. The Kier molecular flexibility index (Phi) is 7.29. The topological polar surface area (TPSA) is 116 Å². The molecule has 4 aromatic rings. The number of carbonyl (C=O) groups excluding carboxylic acids is 2. The molecule has 0 spiro atoms. The molecule has 4 rings (SSSR count). The number of amides is 1. The monoisotopic (exact) mass is 456 g/mol. The number of carbonyl (C=O) groups is 2. The van der Waals surface area contributed by atoms with Gasteiger partial charge < -0.3 is 20.5 Å². The summed E-state index contributed by atoms with van der Waals surface area (Å²) >= 11 is 0. The third-order valence-electron chi connectivity index (χ3n) is 5.09. The van der Waals surface area contributed by atoms with Crippen molar-refractivity contribution in [3.05, 3.63) is 102 Å². The minimum atomic E-state index is -0.955. The summed E-state index contributed by atoms with van der Waals surface area (Å²) in [6.07, 6.45) is -0.478. The van der Waals surface area contributed by atoms with Gasteiger partial charge in [-0.1, -0.05) is 72.8 Å². The van der Waals surface area contributed by atoms with E-state index in [0.717, 1.165) is 16.5 Å². The molecule has 0 radical (unpaired) electrons. The molecule has 1 heterocycles. The summed E-state index contributed by atoms with van der Waals surface area (Å²) in [6.45, 7) is -0.0934.